The summed E-state index contributed by atoms with van der Waals surface area (Å²) in [6.07, 6.45) is 1.54. The topological polar surface area (TPSA) is 56.6 Å². The van der Waals surface area contributed by atoms with E-state index < -0.39 is 6.61 Å². The molecule has 9 heteroatoms. The van der Waals surface area contributed by atoms with E-state index in [2.05, 4.69) is 25.8 Å². The van der Waals surface area contributed by atoms with Gasteiger partial charge in [-0.15, -0.1) is 0 Å². The summed E-state index contributed by atoms with van der Waals surface area (Å²) in [5.41, 5.74) is 2.75. The van der Waals surface area contributed by atoms with E-state index in [-0.39, 0.29) is 24.0 Å². The minimum absolute atomic E-state index is 0.0585. The van der Waals surface area contributed by atoms with E-state index in [4.69, 9.17) is 4.74 Å². The first-order valence-electron chi connectivity index (χ1n) is 8.98. The van der Waals surface area contributed by atoms with Crippen molar-refractivity contribution in [3.63, 3.8) is 0 Å². The molecule has 6 nitrogen and oxygen atoms in total. The number of amides is 1. The molecule has 0 fully saturated rings. The van der Waals surface area contributed by atoms with Crippen molar-refractivity contribution in [2.45, 2.75) is 20.1 Å². The Bertz CT molecular complexity index is 1040. The Morgan fingerprint density at radius 2 is 1.90 bits per heavy atom. The van der Waals surface area contributed by atoms with Gasteiger partial charge in [-0.2, -0.15) is 13.9 Å². The minimum atomic E-state index is -2.95. The predicted molar refractivity (Wildman–Crippen MR) is 111 cm³/mol. The van der Waals surface area contributed by atoms with Gasteiger partial charge in [0.2, 0.25) is 0 Å². The van der Waals surface area contributed by atoms with Crippen LogP contribution in [0.1, 0.15) is 21.6 Å². The summed E-state index contributed by atoms with van der Waals surface area (Å²) in [6, 6.07) is 12.2. The van der Waals surface area contributed by atoms with Gasteiger partial charge in [-0.05, 0) is 48.9 Å². The number of carbonyl (C=O) groups excluding carboxylic acids is 1. The lowest BCUT2D eigenvalue weighted by molar-refractivity contribution is -0.0512. The van der Waals surface area contributed by atoms with Gasteiger partial charge in [-0.25, -0.2) is 4.68 Å². The van der Waals surface area contributed by atoms with E-state index in [1.165, 1.54) is 24.3 Å². The molecule has 0 radical (unpaired) electrons. The zero-order chi connectivity index (χ0) is 21.8. The average molecular weight is 480 g/mol. The van der Waals surface area contributed by atoms with Gasteiger partial charge >= 0.3 is 6.61 Å². The molecule has 1 aromatic heterocycles. The molecule has 0 saturated heterocycles. The molecule has 0 N–H and O–H groups in total. The largest absolute Gasteiger partial charge is 0.493 e. The van der Waals surface area contributed by atoms with Crippen LogP contribution in [0, 0.1) is 6.92 Å². The molecule has 0 unspecified atom stereocenters. The zero-order valence-electron chi connectivity index (χ0n) is 16.6. The van der Waals surface area contributed by atoms with E-state index in [1.54, 1.807) is 23.9 Å². The van der Waals surface area contributed by atoms with Gasteiger partial charge in [0.05, 0.1) is 30.3 Å². The second kappa shape index (κ2) is 9.25. The second-order valence-electron chi connectivity index (χ2n) is 6.56. The number of rotatable bonds is 7. The summed E-state index contributed by atoms with van der Waals surface area (Å²) in [7, 11) is 3.03. The molecule has 0 bridgehead atoms. The summed E-state index contributed by atoms with van der Waals surface area (Å²) in [5.74, 6) is -0.0903. The third-order valence-electron chi connectivity index (χ3n) is 4.52. The highest BCUT2D eigenvalue weighted by Gasteiger charge is 2.20. The van der Waals surface area contributed by atoms with Crippen molar-refractivity contribution in [3.8, 4) is 17.2 Å². The van der Waals surface area contributed by atoms with Gasteiger partial charge < -0.3 is 14.4 Å². The third kappa shape index (κ3) is 4.79. The normalized spacial score (nSPS) is 10.9. The van der Waals surface area contributed by atoms with Crippen molar-refractivity contribution in [2.24, 2.45) is 0 Å². The first-order chi connectivity index (χ1) is 14.3. The van der Waals surface area contributed by atoms with Gasteiger partial charge in [-0.3, -0.25) is 4.79 Å². The van der Waals surface area contributed by atoms with Crippen LogP contribution < -0.4 is 9.47 Å². The second-order valence-corrected chi connectivity index (χ2v) is 7.47. The Hall–Kier alpha value is -2.94. The molecular weight excluding hydrogens is 460 g/mol. The fraction of sp³-hybridized carbons (Fsp3) is 0.238. The Balaban J connectivity index is 1.77. The molecule has 0 spiro atoms. The van der Waals surface area contributed by atoms with E-state index in [9.17, 15) is 13.6 Å². The molecule has 3 aromatic rings. The molecule has 2 aromatic carbocycles. The van der Waals surface area contributed by atoms with Crippen LogP contribution in [0.3, 0.4) is 0 Å². The van der Waals surface area contributed by atoms with Crippen LogP contribution in [0.25, 0.3) is 5.69 Å². The lowest BCUT2D eigenvalue weighted by atomic mass is 10.1. The number of carbonyl (C=O) groups is 1. The predicted octanol–water partition coefficient (Wildman–Crippen LogP) is 4.83. The van der Waals surface area contributed by atoms with Crippen LogP contribution in [-0.4, -0.2) is 41.4 Å². The number of alkyl halides is 2. The van der Waals surface area contributed by atoms with Crippen LogP contribution in [0.2, 0.25) is 0 Å². The fourth-order valence-electron chi connectivity index (χ4n) is 3.02. The van der Waals surface area contributed by atoms with Crippen LogP contribution >= 0.6 is 15.9 Å². The average Bonchev–Trinajstić information content (AvgIpc) is 3.10. The highest BCUT2D eigenvalue weighted by molar-refractivity contribution is 9.10. The van der Waals surface area contributed by atoms with Crippen molar-refractivity contribution in [2.75, 3.05) is 14.2 Å². The number of ether oxygens (including phenoxy) is 2. The number of hydrogen-bond donors (Lipinski definition) is 0. The molecule has 0 saturated carbocycles. The molecule has 1 amide bonds. The fourth-order valence-corrected chi connectivity index (χ4v) is 3.28. The molecule has 158 valence electrons. The first kappa shape index (κ1) is 21.8. The molecule has 3 rings (SSSR count). The number of methoxy groups -OCH3 is 1. The highest BCUT2D eigenvalue weighted by Crippen LogP contribution is 2.30. The monoisotopic (exact) mass is 479 g/mol. The number of aromatic nitrogens is 2. The lowest BCUT2D eigenvalue weighted by Crippen LogP contribution is -2.26. The third-order valence-corrected chi connectivity index (χ3v) is 5.05. The molecule has 0 aliphatic rings. The summed E-state index contributed by atoms with van der Waals surface area (Å²) >= 11 is 3.40. The van der Waals surface area contributed by atoms with Gasteiger partial charge in [-0.1, -0.05) is 22.0 Å². The van der Waals surface area contributed by atoms with Crippen LogP contribution in [0.4, 0.5) is 8.78 Å². The summed E-state index contributed by atoms with van der Waals surface area (Å²) in [5, 5.41) is 4.34. The van der Waals surface area contributed by atoms with Gasteiger partial charge in [0.15, 0.2) is 11.5 Å². The highest BCUT2D eigenvalue weighted by atomic mass is 79.9. The minimum Gasteiger partial charge on any atom is -0.493 e. The van der Waals surface area contributed by atoms with Crippen molar-refractivity contribution in [1.82, 2.24) is 14.7 Å². The Labute approximate surface area is 181 Å². The lowest BCUT2D eigenvalue weighted by Gasteiger charge is -2.18. The molecular formula is C21H20BrF2N3O3. The van der Waals surface area contributed by atoms with E-state index in [0.29, 0.717) is 16.8 Å². The van der Waals surface area contributed by atoms with E-state index in [0.717, 1.165) is 10.2 Å². The molecule has 30 heavy (non-hydrogen) atoms. The SMILES string of the molecule is COc1cc(CN(C)C(=O)c2cnn(-c3ccc(Br)cc3)c2C)ccc1OC(F)F. The van der Waals surface area contributed by atoms with Crippen LogP contribution in [0.15, 0.2) is 53.1 Å². The van der Waals surface area contributed by atoms with Crippen molar-refractivity contribution in [1.29, 1.82) is 0 Å². The summed E-state index contributed by atoms with van der Waals surface area (Å²) in [4.78, 5) is 14.5. The maximum atomic E-state index is 12.9. The smallest absolute Gasteiger partial charge is 0.387 e. The maximum absolute atomic E-state index is 12.9. The number of hydrogen-bond acceptors (Lipinski definition) is 4. The molecule has 0 atom stereocenters. The van der Waals surface area contributed by atoms with E-state index >= 15 is 0 Å². The summed E-state index contributed by atoms with van der Waals surface area (Å²) in [6.45, 7) is -0.859. The van der Waals surface area contributed by atoms with E-state index in [1.807, 2.05) is 31.2 Å². The number of nitrogens with zero attached hydrogens (tertiary/aromatic N) is 3. The standard InChI is InChI=1S/C21H20BrF2N3O3/c1-13-17(11-25-27(13)16-7-5-15(22)6-8-16)20(28)26(2)12-14-4-9-18(30-21(23)24)19(10-14)29-3/h4-11,21H,12H2,1-3H3. The molecule has 0 aliphatic carbocycles. The van der Waals surface area contributed by atoms with Crippen LogP contribution in [0.5, 0.6) is 11.5 Å². The quantitative estimate of drug-likeness (QED) is 0.487. The Morgan fingerprint density at radius 3 is 2.53 bits per heavy atom. The van der Waals surface area contributed by atoms with Gasteiger partial charge in [0.1, 0.15) is 0 Å². The number of benzene rings is 2. The van der Waals surface area contributed by atoms with Crippen molar-refractivity contribution < 1.29 is 23.0 Å². The maximum Gasteiger partial charge on any atom is 0.387 e. The zero-order valence-corrected chi connectivity index (χ0v) is 18.2. The first-order valence-corrected chi connectivity index (χ1v) is 9.77. The summed E-state index contributed by atoms with van der Waals surface area (Å²) < 4.78 is 37.2. The molecule has 0 aliphatic heterocycles. The van der Waals surface area contributed by atoms with Crippen molar-refractivity contribution in [3.05, 3.63) is 70.0 Å². The Morgan fingerprint density at radius 1 is 1.20 bits per heavy atom. The Kier molecular flexibility index (Phi) is 6.71. The molecule has 1 heterocycles. The van der Waals surface area contributed by atoms with Crippen molar-refractivity contribution >= 4 is 21.8 Å². The van der Waals surface area contributed by atoms with Crippen LogP contribution in [-0.2, 0) is 6.54 Å². The van der Waals surface area contributed by atoms with Gasteiger partial charge in [0.25, 0.3) is 5.91 Å². The number of halogens is 3. The van der Waals surface area contributed by atoms with Gasteiger partial charge in [0, 0.05) is 18.1 Å².